The molecule has 71 heavy (non-hydrogen) atoms. The van der Waals surface area contributed by atoms with Crippen LogP contribution in [0.25, 0.3) is 5.69 Å². The summed E-state index contributed by atoms with van der Waals surface area (Å²) in [7, 11) is 4.62. The van der Waals surface area contributed by atoms with E-state index >= 15 is 4.79 Å². The van der Waals surface area contributed by atoms with Gasteiger partial charge in [0.25, 0.3) is 5.91 Å². The van der Waals surface area contributed by atoms with E-state index < -0.39 is 47.8 Å². The predicted octanol–water partition coefficient (Wildman–Crippen LogP) is 6.56. The van der Waals surface area contributed by atoms with Gasteiger partial charge in [0.05, 0.1) is 24.8 Å². The Bertz CT molecular complexity index is 2670. The molecule has 376 valence electrons. The van der Waals surface area contributed by atoms with Gasteiger partial charge in [0.1, 0.15) is 35.6 Å². The van der Waals surface area contributed by atoms with Crippen molar-refractivity contribution in [3.05, 3.63) is 142 Å². The van der Waals surface area contributed by atoms with Crippen LogP contribution in [0.1, 0.15) is 66.5 Å². The van der Waals surface area contributed by atoms with E-state index in [2.05, 4.69) is 20.9 Å². The maximum absolute atomic E-state index is 15.0. The number of nitrogens with zero attached hydrogens (tertiary/aromatic N) is 5. The third kappa shape index (κ3) is 14.0. The number of benzene rings is 4. The molecule has 0 aliphatic carbocycles. The van der Waals surface area contributed by atoms with Crippen LogP contribution >= 0.6 is 23.2 Å². The number of hydrogen-bond acceptors (Lipinski definition) is 9. The first-order valence-electron chi connectivity index (χ1n) is 23.5. The van der Waals surface area contributed by atoms with E-state index in [1.165, 1.54) is 21.8 Å². The molecule has 5 aromatic rings. The zero-order valence-electron chi connectivity index (χ0n) is 41.1. The molecule has 1 saturated heterocycles. The summed E-state index contributed by atoms with van der Waals surface area (Å²) in [5.74, 6) is -2.76. The van der Waals surface area contributed by atoms with E-state index in [0.717, 1.165) is 16.8 Å². The molecule has 0 bridgehead atoms. The Balaban J connectivity index is 1.36. The Morgan fingerprint density at radius 3 is 2.18 bits per heavy atom. The first kappa shape index (κ1) is 53.6. The number of aromatic nitrogens is 2. The molecular weight excluding hydrogens is 948 g/mol. The minimum Gasteiger partial charge on any atom is -0.457 e. The highest BCUT2D eigenvalue weighted by atomic mass is 35.5. The largest absolute Gasteiger partial charge is 0.457 e. The third-order valence-electron chi connectivity index (χ3n) is 12.8. The molecule has 1 aromatic heterocycles. The van der Waals surface area contributed by atoms with Crippen LogP contribution in [-0.4, -0.2) is 125 Å². The molecule has 6 rings (SSSR count). The summed E-state index contributed by atoms with van der Waals surface area (Å²) in [4.78, 5) is 93.5. The van der Waals surface area contributed by atoms with Crippen LogP contribution in [0.4, 0.5) is 0 Å². The summed E-state index contributed by atoms with van der Waals surface area (Å²) >= 11 is 12.8. The zero-order valence-corrected chi connectivity index (χ0v) is 42.6. The van der Waals surface area contributed by atoms with E-state index in [1.54, 1.807) is 74.4 Å². The number of rotatable bonds is 13. The number of halogens is 2. The Labute approximate surface area is 425 Å². The highest BCUT2D eigenvalue weighted by Gasteiger charge is 2.36. The van der Waals surface area contributed by atoms with Gasteiger partial charge in [-0.05, 0) is 100 Å². The lowest BCUT2D eigenvalue weighted by Gasteiger charge is -2.35. The van der Waals surface area contributed by atoms with Crippen molar-refractivity contribution in [2.45, 2.75) is 84.1 Å². The van der Waals surface area contributed by atoms with E-state index in [0.29, 0.717) is 45.0 Å². The molecule has 0 spiro atoms. The van der Waals surface area contributed by atoms with Crippen LogP contribution in [0, 0.1) is 12.8 Å². The van der Waals surface area contributed by atoms with Crippen LogP contribution in [0.3, 0.4) is 0 Å². The van der Waals surface area contributed by atoms with Crippen molar-refractivity contribution in [2.75, 3.05) is 40.9 Å². The summed E-state index contributed by atoms with van der Waals surface area (Å²) in [5.41, 5.74) is 3.85. The lowest BCUT2D eigenvalue weighted by atomic mass is 9.93. The van der Waals surface area contributed by atoms with Crippen molar-refractivity contribution >= 4 is 58.6 Å². The topological polar surface area (TPSA) is 185 Å². The lowest BCUT2D eigenvalue weighted by Crippen LogP contribution is -2.57. The molecule has 0 unspecified atom stereocenters. The number of ether oxygens (including phenoxy) is 2. The maximum Gasteiger partial charge on any atom is 0.271 e. The Morgan fingerprint density at radius 1 is 0.831 bits per heavy atom. The number of carbonyl (C=O) groups excluding carboxylic acids is 6. The predicted molar refractivity (Wildman–Crippen MR) is 271 cm³/mol. The van der Waals surface area contributed by atoms with E-state index in [1.807, 2.05) is 75.4 Å². The number of carbonyl (C=O) groups is 6. The molecule has 0 radical (unpaired) electrons. The second-order valence-corrected chi connectivity index (χ2v) is 18.7. The number of imidazole rings is 1. The first-order chi connectivity index (χ1) is 34.0. The molecule has 6 amide bonds. The molecular formula is C53H62Cl2N8O8. The molecule has 5 atom stereocenters. The molecule has 0 saturated carbocycles. The molecule has 4 aromatic carbocycles. The van der Waals surface area contributed by atoms with Crippen LogP contribution in [-0.2, 0) is 48.1 Å². The van der Waals surface area contributed by atoms with Crippen LogP contribution in [0.2, 0.25) is 10.0 Å². The van der Waals surface area contributed by atoms with Crippen LogP contribution in [0.5, 0.6) is 11.5 Å². The van der Waals surface area contributed by atoms with Gasteiger partial charge >= 0.3 is 0 Å². The molecule has 1 fully saturated rings. The standard InChI is InChI=1S/C53H62Cl2N8O8/c1-8-56-51(67)49-34(3)63(32-58-49)42-20-22-44(23-21-42)71-46-27-41(55)19-16-38(46)30-62-35(4)50(66)59-45(31-70-7)53(69)61(6)43(25-37-14-17-40(54)18-15-37)28-47(64)57-29-33(2)60(5)52(68)39(26-48(62)65)24-36-12-10-9-11-13-36/h9-23,27,32-33,35,39,43,45H,8,24-26,28-31H2,1-7H3,(H,56,67)(H,57,64)(H,59,66)/t33-,35-,39+,43-,45-/m0/s1. The number of amides is 6. The van der Waals surface area contributed by atoms with Gasteiger partial charge < -0.3 is 44.7 Å². The first-order valence-corrected chi connectivity index (χ1v) is 24.3. The van der Waals surface area contributed by atoms with Crippen molar-refractivity contribution in [2.24, 2.45) is 5.92 Å². The van der Waals surface area contributed by atoms with Gasteiger partial charge in [0.15, 0.2) is 0 Å². The average molecular weight is 1010 g/mol. The van der Waals surface area contributed by atoms with Gasteiger partial charge in [0, 0.05) is 80.5 Å². The zero-order chi connectivity index (χ0) is 51.4. The highest BCUT2D eigenvalue weighted by Crippen LogP contribution is 2.32. The number of likely N-dealkylation sites (N-methyl/N-ethyl adjacent to an activating group) is 2. The Kier molecular flexibility index (Phi) is 18.8. The monoisotopic (exact) mass is 1010 g/mol. The fourth-order valence-corrected chi connectivity index (χ4v) is 8.71. The van der Waals surface area contributed by atoms with Crippen molar-refractivity contribution < 1.29 is 38.2 Å². The lowest BCUT2D eigenvalue weighted by molar-refractivity contribution is -0.147. The second-order valence-electron chi connectivity index (χ2n) is 17.8. The van der Waals surface area contributed by atoms with Crippen molar-refractivity contribution in [1.29, 1.82) is 0 Å². The maximum atomic E-state index is 15.0. The van der Waals surface area contributed by atoms with Crippen LogP contribution < -0.4 is 20.7 Å². The fraction of sp³-hybridized carbons (Fsp3) is 0.377. The summed E-state index contributed by atoms with van der Waals surface area (Å²) in [5, 5.41) is 9.45. The van der Waals surface area contributed by atoms with Crippen molar-refractivity contribution in [3.63, 3.8) is 0 Å². The van der Waals surface area contributed by atoms with E-state index in [4.69, 9.17) is 32.7 Å². The summed E-state index contributed by atoms with van der Waals surface area (Å²) in [6.07, 6.45) is 1.70. The molecule has 3 N–H and O–H groups in total. The molecule has 2 heterocycles. The quantitative estimate of drug-likeness (QED) is 0.118. The summed E-state index contributed by atoms with van der Waals surface area (Å²) in [6, 6.07) is 25.0. The van der Waals surface area contributed by atoms with Gasteiger partial charge in [-0.15, -0.1) is 0 Å². The second kappa shape index (κ2) is 24.9. The summed E-state index contributed by atoms with van der Waals surface area (Å²) < 4.78 is 13.7. The van der Waals surface area contributed by atoms with Gasteiger partial charge in [-0.25, -0.2) is 4.98 Å². The van der Waals surface area contributed by atoms with E-state index in [9.17, 15) is 24.0 Å². The van der Waals surface area contributed by atoms with Gasteiger partial charge in [-0.2, -0.15) is 0 Å². The average Bonchev–Trinajstić information content (AvgIpc) is 3.75. The highest BCUT2D eigenvalue weighted by molar-refractivity contribution is 6.31. The SMILES string of the molecule is CCNC(=O)c1ncn(-c2ccc(Oc3cc(Cl)ccc3CN3C(=O)C[C@@H](Cc4ccccc4)C(=O)N(C)[C@@H](C)CNC(=O)C[C@H](Cc4ccc(Cl)cc4)N(C)C(=O)[C@H](COC)NC(=O)[C@@H]3C)cc2)c1C. The summed E-state index contributed by atoms with van der Waals surface area (Å²) in [6.45, 7) is 7.21. The Morgan fingerprint density at radius 2 is 1.51 bits per heavy atom. The number of hydrogen-bond donors (Lipinski definition) is 3. The van der Waals surface area contributed by atoms with Gasteiger partial charge in [-0.3, -0.25) is 28.8 Å². The van der Waals surface area contributed by atoms with Crippen molar-refractivity contribution in [1.82, 2.24) is 40.2 Å². The fourth-order valence-electron chi connectivity index (χ4n) is 8.42. The smallest absolute Gasteiger partial charge is 0.271 e. The van der Waals surface area contributed by atoms with E-state index in [-0.39, 0.29) is 63.1 Å². The molecule has 1 aliphatic heterocycles. The number of nitrogens with one attached hydrogen (secondary N) is 3. The van der Waals surface area contributed by atoms with Gasteiger partial charge in [0.2, 0.25) is 29.5 Å². The third-order valence-corrected chi connectivity index (χ3v) is 13.3. The number of methoxy groups -OCH3 is 1. The normalized spacial score (nSPS) is 20.0. The molecule has 16 nitrogen and oxygen atoms in total. The van der Waals surface area contributed by atoms with Crippen molar-refractivity contribution in [3.8, 4) is 17.2 Å². The minimum atomic E-state index is -1.21. The van der Waals surface area contributed by atoms with Gasteiger partial charge in [-0.1, -0.05) is 71.7 Å². The molecule has 1 aliphatic rings. The Hall–Kier alpha value is -6.75. The minimum absolute atomic E-state index is 0.0851. The molecule has 18 heteroatoms. The van der Waals surface area contributed by atoms with Crippen LogP contribution in [0.15, 0.2) is 103 Å².